The van der Waals surface area contributed by atoms with E-state index in [2.05, 4.69) is 111 Å². The third-order valence-corrected chi connectivity index (χ3v) is 4.60. The van der Waals surface area contributed by atoms with Gasteiger partial charge in [-0.2, -0.15) is 0 Å². The van der Waals surface area contributed by atoms with Gasteiger partial charge in [-0.05, 0) is 27.7 Å². The van der Waals surface area contributed by atoms with Crippen LogP contribution in [0.2, 0.25) is 0 Å². The van der Waals surface area contributed by atoms with Gasteiger partial charge in [-0.1, -0.05) is 106 Å². The first-order chi connectivity index (χ1) is 12.0. The van der Waals surface area contributed by atoms with Crippen molar-refractivity contribution in [3.63, 3.8) is 0 Å². The van der Waals surface area contributed by atoms with Gasteiger partial charge in [-0.25, -0.2) is 0 Å². The molecule has 1 nitrogen and oxygen atoms in total. The van der Waals surface area contributed by atoms with Crippen LogP contribution in [0.15, 0.2) is 84.9 Å². The number of hydrogen-bond acceptors (Lipinski definition) is 1. The zero-order valence-corrected chi connectivity index (χ0v) is 15.4. The van der Waals surface area contributed by atoms with Crippen LogP contribution in [0.5, 0.6) is 0 Å². The molecule has 0 spiro atoms. The van der Waals surface area contributed by atoms with E-state index in [4.69, 9.17) is 0 Å². The Hall–Kier alpha value is -2.38. The summed E-state index contributed by atoms with van der Waals surface area (Å²) in [6.07, 6.45) is 0. The van der Waals surface area contributed by atoms with E-state index in [1.54, 1.807) is 0 Å². The molecule has 0 fully saturated rings. The van der Waals surface area contributed by atoms with Crippen LogP contribution in [-0.2, 0) is 12.0 Å². The molecule has 0 amide bonds. The van der Waals surface area contributed by atoms with Crippen molar-refractivity contribution in [3.8, 4) is 0 Å². The lowest BCUT2D eigenvalue weighted by atomic mass is 9.87. The molecule has 0 saturated heterocycles. The third-order valence-electron chi connectivity index (χ3n) is 4.60. The van der Waals surface area contributed by atoms with E-state index in [1.165, 1.54) is 22.3 Å². The van der Waals surface area contributed by atoms with E-state index < -0.39 is 0 Å². The largest absolute Gasteiger partial charge is 0.302 e. The van der Waals surface area contributed by atoms with Crippen molar-refractivity contribution >= 4 is 0 Å². The van der Waals surface area contributed by atoms with Crippen molar-refractivity contribution in [1.82, 2.24) is 5.32 Å². The quantitative estimate of drug-likeness (QED) is 0.618. The lowest BCUT2D eigenvalue weighted by Gasteiger charge is -2.21. The Morgan fingerprint density at radius 3 is 1.60 bits per heavy atom. The summed E-state index contributed by atoms with van der Waals surface area (Å²) >= 11 is 0. The highest BCUT2D eigenvalue weighted by atomic mass is 14.9. The molecular formula is C24H27N. The SMILES string of the molecule is CC(C)(C)c1ccc(CNC(c2ccccc2)c2ccccc2)cc1. The van der Waals surface area contributed by atoms with Crippen LogP contribution in [0.1, 0.15) is 49.1 Å². The summed E-state index contributed by atoms with van der Waals surface area (Å²) < 4.78 is 0. The molecule has 0 unspecified atom stereocenters. The average Bonchev–Trinajstić information content (AvgIpc) is 2.63. The molecule has 0 aliphatic carbocycles. The van der Waals surface area contributed by atoms with Crippen LogP contribution in [0.3, 0.4) is 0 Å². The van der Waals surface area contributed by atoms with Crippen LogP contribution in [0, 0.1) is 0 Å². The fourth-order valence-electron chi connectivity index (χ4n) is 3.06. The third kappa shape index (κ3) is 4.58. The van der Waals surface area contributed by atoms with E-state index >= 15 is 0 Å². The lowest BCUT2D eigenvalue weighted by molar-refractivity contribution is 0.587. The summed E-state index contributed by atoms with van der Waals surface area (Å²) in [7, 11) is 0. The van der Waals surface area contributed by atoms with Gasteiger partial charge >= 0.3 is 0 Å². The maximum atomic E-state index is 3.73. The van der Waals surface area contributed by atoms with Crippen LogP contribution in [-0.4, -0.2) is 0 Å². The van der Waals surface area contributed by atoms with Crippen LogP contribution in [0.4, 0.5) is 0 Å². The molecule has 128 valence electrons. The van der Waals surface area contributed by atoms with Gasteiger partial charge in [0.1, 0.15) is 0 Å². The zero-order valence-electron chi connectivity index (χ0n) is 15.4. The molecule has 3 rings (SSSR count). The van der Waals surface area contributed by atoms with Crippen molar-refractivity contribution in [1.29, 1.82) is 0 Å². The summed E-state index contributed by atoms with van der Waals surface area (Å²) in [5.74, 6) is 0. The Balaban J connectivity index is 1.77. The molecule has 0 aliphatic rings. The first-order valence-corrected chi connectivity index (χ1v) is 8.97. The summed E-state index contributed by atoms with van der Waals surface area (Å²) in [5, 5.41) is 3.73. The van der Waals surface area contributed by atoms with E-state index in [9.17, 15) is 0 Å². The second-order valence-electron chi connectivity index (χ2n) is 7.58. The van der Waals surface area contributed by atoms with Crippen LogP contribution < -0.4 is 5.32 Å². The predicted octanol–water partition coefficient (Wildman–Crippen LogP) is 5.86. The van der Waals surface area contributed by atoms with Crippen LogP contribution >= 0.6 is 0 Å². The maximum absolute atomic E-state index is 3.73. The van der Waals surface area contributed by atoms with Gasteiger partial charge in [0.2, 0.25) is 0 Å². The second kappa shape index (κ2) is 7.67. The van der Waals surface area contributed by atoms with Crippen molar-refractivity contribution in [2.75, 3.05) is 0 Å². The number of rotatable bonds is 5. The minimum absolute atomic E-state index is 0.197. The summed E-state index contributed by atoms with van der Waals surface area (Å²) in [5.41, 5.74) is 5.46. The molecule has 1 heteroatoms. The monoisotopic (exact) mass is 329 g/mol. The van der Waals surface area contributed by atoms with Crippen molar-refractivity contribution in [2.24, 2.45) is 0 Å². The van der Waals surface area contributed by atoms with E-state index in [0.717, 1.165) is 6.54 Å². The average molecular weight is 329 g/mol. The van der Waals surface area contributed by atoms with Gasteiger partial charge in [0.25, 0.3) is 0 Å². The molecule has 0 atom stereocenters. The molecule has 3 aromatic rings. The second-order valence-corrected chi connectivity index (χ2v) is 7.58. The highest BCUT2D eigenvalue weighted by Gasteiger charge is 2.15. The van der Waals surface area contributed by atoms with Gasteiger partial charge in [-0.3, -0.25) is 0 Å². The normalized spacial score (nSPS) is 11.7. The lowest BCUT2D eigenvalue weighted by Crippen LogP contribution is -2.22. The van der Waals surface area contributed by atoms with Gasteiger partial charge in [0.15, 0.2) is 0 Å². The highest BCUT2D eigenvalue weighted by molar-refractivity contribution is 5.32. The fraction of sp³-hybridized carbons (Fsp3) is 0.250. The molecule has 0 saturated carbocycles. The molecule has 25 heavy (non-hydrogen) atoms. The molecule has 3 aromatic carbocycles. The molecule has 0 heterocycles. The fourth-order valence-corrected chi connectivity index (χ4v) is 3.06. The smallest absolute Gasteiger partial charge is 0.0579 e. The number of nitrogens with one attached hydrogen (secondary N) is 1. The summed E-state index contributed by atoms with van der Waals surface area (Å²) in [6.45, 7) is 7.60. The minimum Gasteiger partial charge on any atom is -0.302 e. The first kappa shape index (κ1) is 17.4. The molecule has 0 aromatic heterocycles. The minimum atomic E-state index is 0.197. The Morgan fingerprint density at radius 1 is 0.680 bits per heavy atom. The van der Waals surface area contributed by atoms with Crippen molar-refractivity contribution < 1.29 is 0 Å². The Labute approximate surface area is 151 Å². The summed E-state index contributed by atoms with van der Waals surface area (Å²) in [4.78, 5) is 0. The molecule has 0 radical (unpaired) electrons. The molecule has 0 bridgehead atoms. The van der Waals surface area contributed by atoms with Crippen LogP contribution in [0.25, 0.3) is 0 Å². The van der Waals surface area contributed by atoms with E-state index in [1.807, 2.05) is 0 Å². The molecule has 0 aliphatic heterocycles. The van der Waals surface area contributed by atoms with Gasteiger partial charge < -0.3 is 5.32 Å². The molecular weight excluding hydrogens is 302 g/mol. The Kier molecular flexibility index (Phi) is 5.35. The van der Waals surface area contributed by atoms with Gasteiger partial charge in [0, 0.05) is 6.54 Å². The first-order valence-electron chi connectivity index (χ1n) is 8.97. The Bertz CT molecular complexity index is 728. The van der Waals surface area contributed by atoms with E-state index in [0.29, 0.717) is 0 Å². The van der Waals surface area contributed by atoms with E-state index in [-0.39, 0.29) is 11.5 Å². The maximum Gasteiger partial charge on any atom is 0.0579 e. The topological polar surface area (TPSA) is 12.0 Å². The van der Waals surface area contributed by atoms with Crippen molar-refractivity contribution in [2.45, 2.75) is 38.8 Å². The predicted molar refractivity (Wildman–Crippen MR) is 107 cm³/mol. The summed E-state index contributed by atoms with van der Waals surface area (Å²) in [6, 6.07) is 30.5. The number of hydrogen-bond donors (Lipinski definition) is 1. The standard InChI is InChI=1S/C24H27N/c1-24(2,3)22-16-14-19(15-17-22)18-25-23(20-10-6-4-7-11-20)21-12-8-5-9-13-21/h4-17,23,25H,18H2,1-3H3. The van der Waals surface area contributed by atoms with Gasteiger partial charge in [0.05, 0.1) is 6.04 Å². The van der Waals surface area contributed by atoms with Gasteiger partial charge in [-0.15, -0.1) is 0 Å². The number of benzene rings is 3. The zero-order chi connectivity index (χ0) is 17.7. The van der Waals surface area contributed by atoms with Crippen molar-refractivity contribution in [3.05, 3.63) is 107 Å². The molecule has 1 N–H and O–H groups in total. The Morgan fingerprint density at radius 2 is 1.16 bits per heavy atom. The highest BCUT2D eigenvalue weighted by Crippen LogP contribution is 2.24.